The Labute approximate surface area is 121 Å². The lowest BCUT2D eigenvalue weighted by Gasteiger charge is -2.30. The lowest BCUT2D eigenvalue weighted by Crippen LogP contribution is -2.37. The van der Waals surface area contributed by atoms with E-state index in [-0.39, 0.29) is 5.78 Å². The van der Waals surface area contributed by atoms with E-state index in [1.165, 1.54) is 5.75 Å². The highest BCUT2D eigenvalue weighted by atomic mass is 79.9. The predicted octanol–water partition coefficient (Wildman–Crippen LogP) is 3.46. The van der Waals surface area contributed by atoms with Gasteiger partial charge in [0.05, 0.1) is 0 Å². The number of ketones is 1. The van der Waals surface area contributed by atoms with Crippen molar-refractivity contribution in [2.45, 2.75) is 18.6 Å². The fraction of sp³-hybridized carbons (Fsp3) is 0.500. The molecule has 1 aromatic rings. The molecule has 1 unspecified atom stereocenters. The molecular formula is C14H18BrNOS. The van der Waals surface area contributed by atoms with E-state index in [0.29, 0.717) is 11.7 Å². The van der Waals surface area contributed by atoms with Gasteiger partial charge in [-0.25, -0.2) is 0 Å². The summed E-state index contributed by atoms with van der Waals surface area (Å²) in [5.41, 5.74) is 0.817. The van der Waals surface area contributed by atoms with Crippen LogP contribution in [0.4, 0.5) is 0 Å². The smallest absolute Gasteiger partial charge is 0.164 e. The second kappa shape index (κ2) is 6.73. The van der Waals surface area contributed by atoms with Crippen LogP contribution in [0.25, 0.3) is 0 Å². The third-order valence-electron chi connectivity index (χ3n) is 3.15. The van der Waals surface area contributed by atoms with Crippen LogP contribution in [0.5, 0.6) is 0 Å². The Balaban J connectivity index is 1.82. The highest BCUT2D eigenvalue weighted by molar-refractivity contribution is 9.10. The van der Waals surface area contributed by atoms with E-state index in [0.717, 1.165) is 29.7 Å². The van der Waals surface area contributed by atoms with Crippen molar-refractivity contribution in [3.63, 3.8) is 0 Å². The quantitative estimate of drug-likeness (QED) is 0.790. The van der Waals surface area contributed by atoms with Crippen molar-refractivity contribution >= 4 is 33.5 Å². The number of carbonyl (C=O) groups is 1. The van der Waals surface area contributed by atoms with Crippen LogP contribution in [-0.2, 0) is 0 Å². The first-order valence-corrected chi connectivity index (χ1v) is 8.12. The van der Waals surface area contributed by atoms with Crippen LogP contribution in [0, 0.1) is 0 Å². The summed E-state index contributed by atoms with van der Waals surface area (Å²) in [6.45, 7) is 5.37. The fourth-order valence-electron chi connectivity index (χ4n) is 2.13. The van der Waals surface area contributed by atoms with Gasteiger partial charge in [-0.1, -0.05) is 35.0 Å². The highest BCUT2D eigenvalue weighted by Crippen LogP contribution is 2.18. The lowest BCUT2D eigenvalue weighted by molar-refractivity contribution is 0.0965. The van der Waals surface area contributed by atoms with Crippen molar-refractivity contribution in [1.29, 1.82) is 0 Å². The zero-order valence-electron chi connectivity index (χ0n) is 10.6. The van der Waals surface area contributed by atoms with E-state index in [4.69, 9.17) is 0 Å². The minimum Gasteiger partial charge on any atom is -0.301 e. The Morgan fingerprint density at radius 3 is 2.83 bits per heavy atom. The molecule has 0 radical (unpaired) electrons. The number of hydrogen-bond acceptors (Lipinski definition) is 3. The number of halogens is 1. The molecule has 1 fully saturated rings. The number of benzene rings is 1. The molecule has 2 nitrogen and oxygen atoms in total. The summed E-state index contributed by atoms with van der Waals surface area (Å²) in [6, 6.07) is 7.63. The van der Waals surface area contributed by atoms with E-state index < -0.39 is 0 Å². The topological polar surface area (TPSA) is 20.3 Å². The van der Waals surface area contributed by atoms with Crippen molar-refractivity contribution in [2.24, 2.45) is 0 Å². The number of rotatable bonds is 4. The highest BCUT2D eigenvalue weighted by Gasteiger charge is 2.17. The summed E-state index contributed by atoms with van der Waals surface area (Å²) in [7, 11) is 0. The van der Waals surface area contributed by atoms with Crippen LogP contribution in [0.2, 0.25) is 0 Å². The van der Waals surface area contributed by atoms with Gasteiger partial charge in [-0.15, -0.1) is 0 Å². The first-order chi connectivity index (χ1) is 8.65. The maximum atomic E-state index is 12.0. The van der Waals surface area contributed by atoms with Crippen molar-refractivity contribution in [3.05, 3.63) is 34.3 Å². The van der Waals surface area contributed by atoms with E-state index in [2.05, 4.69) is 27.8 Å². The monoisotopic (exact) mass is 327 g/mol. The standard InChI is InChI=1S/C14H18BrNOS/c1-11-10-16(8-9-18-11)7-6-14(17)12-2-4-13(15)5-3-12/h2-5,11H,6-10H2,1H3. The van der Waals surface area contributed by atoms with E-state index in [1.54, 1.807) is 0 Å². The molecule has 18 heavy (non-hydrogen) atoms. The predicted molar refractivity (Wildman–Crippen MR) is 81.4 cm³/mol. The molecule has 1 aliphatic rings. The molecule has 0 amide bonds. The molecule has 0 bridgehead atoms. The second-order valence-corrected chi connectivity index (χ2v) is 7.12. The molecule has 1 aromatic carbocycles. The van der Waals surface area contributed by atoms with Crippen LogP contribution in [-0.4, -0.2) is 41.3 Å². The van der Waals surface area contributed by atoms with Gasteiger partial charge in [-0.2, -0.15) is 11.8 Å². The number of nitrogens with zero attached hydrogens (tertiary/aromatic N) is 1. The van der Waals surface area contributed by atoms with Crippen LogP contribution in [0.3, 0.4) is 0 Å². The molecule has 98 valence electrons. The Hall–Kier alpha value is -0.320. The minimum absolute atomic E-state index is 0.244. The summed E-state index contributed by atoms with van der Waals surface area (Å²) in [5, 5.41) is 0.696. The van der Waals surface area contributed by atoms with E-state index in [9.17, 15) is 4.79 Å². The lowest BCUT2D eigenvalue weighted by atomic mass is 10.1. The molecule has 2 rings (SSSR count). The Morgan fingerprint density at radius 1 is 1.44 bits per heavy atom. The first kappa shape index (κ1) is 14.1. The molecule has 0 spiro atoms. The molecular weight excluding hydrogens is 310 g/mol. The minimum atomic E-state index is 0.244. The van der Waals surface area contributed by atoms with Crippen molar-refractivity contribution in [2.75, 3.05) is 25.4 Å². The third kappa shape index (κ3) is 4.11. The van der Waals surface area contributed by atoms with Gasteiger partial charge in [0, 0.05) is 47.1 Å². The molecule has 1 heterocycles. The third-order valence-corrected chi connectivity index (χ3v) is 4.81. The van der Waals surface area contributed by atoms with E-state index in [1.807, 2.05) is 36.0 Å². The normalized spacial score (nSPS) is 20.9. The second-order valence-electron chi connectivity index (χ2n) is 4.66. The summed E-state index contributed by atoms with van der Waals surface area (Å²) in [5.74, 6) is 1.43. The van der Waals surface area contributed by atoms with Crippen LogP contribution in [0.1, 0.15) is 23.7 Å². The SMILES string of the molecule is CC1CN(CCC(=O)c2ccc(Br)cc2)CCS1. The average molecular weight is 328 g/mol. The molecule has 1 atom stereocenters. The first-order valence-electron chi connectivity index (χ1n) is 6.28. The maximum Gasteiger partial charge on any atom is 0.164 e. The fourth-order valence-corrected chi connectivity index (χ4v) is 3.48. The number of Topliss-reactive ketones (excluding diaryl/α,β-unsaturated/α-hetero) is 1. The molecule has 0 N–H and O–H groups in total. The molecule has 0 saturated carbocycles. The van der Waals surface area contributed by atoms with Crippen molar-refractivity contribution in [3.8, 4) is 0 Å². The molecule has 0 aromatic heterocycles. The Kier molecular flexibility index (Phi) is 5.27. The molecule has 0 aliphatic carbocycles. The average Bonchev–Trinajstić information content (AvgIpc) is 2.37. The van der Waals surface area contributed by atoms with Crippen LogP contribution >= 0.6 is 27.7 Å². The van der Waals surface area contributed by atoms with Gasteiger partial charge in [0.2, 0.25) is 0 Å². The number of carbonyl (C=O) groups excluding carboxylic acids is 1. The van der Waals surface area contributed by atoms with Crippen molar-refractivity contribution in [1.82, 2.24) is 4.90 Å². The summed E-state index contributed by atoms with van der Waals surface area (Å²) < 4.78 is 1.01. The zero-order chi connectivity index (χ0) is 13.0. The summed E-state index contributed by atoms with van der Waals surface area (Å²) in [4.78, 5) is 14.4. The maximum absolute atomic E-state index is 12.0. The Bertz CT molecular complexity index is 407. The zero-order valence-corrected chi connectivity index (χ0v) is 13.0. The molecule has 4 heteroatoms. The summed E-state index contributed by atoms with van der Waals surface area (Å²) in [6.07, 6.45) is 0.624. The van der Waals surface area contributed by atoms with Gasteiger partial charge in [-0.05, 0) is 12.1 Å². The summed E-state index contributed by atoms with van der Waals surface area (Å²) >= 11 is 5.40. The number of hydrogen-bond donors (Lipinski definition) is 0. The van der Waals surface area contributed by atoms with Crippen molar-refractivity contribution < 1.29 is 4.79 Å². The van der Waals surface area contributed by atoms with Gasteiger partial charge in [-0.3, -0.25) is 4.79 Å². The van der Waals surface area contributed by atoms with Crippen LogP contribution in [0.15, 0.2) is 28.7 Å². The molecule has 1 saturated heterocycles. The van der Waals surface area contributed by atoms with Gasteiger partial charge >= 0.3 is 0 Å². The van der Waals surface area contributed by atoms with Gasteiger partial charge in [0.1, 0.15) is 0 Å². The van der Waals surface area contributed by atoms with Gasteiger partial charge in [0.25, 0.3) is 0 Å². The largest absolute Gasteiger partial charge is 0.301 e. The number of thioether (sulfide) groups is 1. The Morgan fingerprint density at radius 2 is 2.17 bits per heavy atom. The van der Waals surface area contributed by atoms with Gasteiger partial charge in [0.15, 0.2) is 5.78 Å². The van der Waals surface area contributed by atoms with Crippen LogP contribution < -0.4 is 0 Å². The van der Waals surface area contributed by atoms with Gasteiger partial charge < -0.3 is 4.90 Å². The van der Waals surface area contributed by atoms with E-state index >= 15 is 0 Å². The molecule has 1 aliphatic heterocycles.